The zero-order valence-corrected chi connectivity index (χ0v) is 24.8. The fraction of sp³-hybridized carbons (Fsp3) is 0.515. The molecule has 0 radical (unpaired) electrons. The molecule has 5 rings (SSSR count). The van der Waals surface area contributed by atoms with Gasteiger partial charge in [-0.05, 0) is 37.0 Å². The first-order chi connectivity index (χ1) is 19.8. The Morgan fingerprint density at radius 1 is 1.12 bits per heavy atom. The summed E-state index contributed by atoms with van der Waals surface area (Å²) in [4.78, 5) is 31.1. The number of fused-ring (bicyclic) bond motifs is 5. The zero-order valence-electron chi connectivity index (χ0n) is 24.8. The van der Waals surface area contributed by atoms with Gasteiger partial charge in [0.1, 0.15) is 5.69 Å². The number of para-hydroxylation sites is 1. The molecule has 1 aromatic heterocycles. The fourth-order valence-electron chi connectivity index (χ4n) is 6.41. The van der Waals surface area contributed by atoms with Crippen molar-refractivity contribution in [2.75, 3.05) is 26.7 Å². The number of aliphatic hydroxyl groups is 1. The van der Waals surface area contributed by atoms with Gasteiger partial charge in [-0.1, -0.05) is 68.7 Å². The lowest BCUT2D eigenvalue weighted by atomic mass is 9.96. The van der Waals surface area contributed by atoms with E-state index in [2.05, 4.69) is 30.4 Å². The molecule has 8 heteroatoms. The van der Waals surface area contributed by atoms with Gasteiger partial charge in [-0.2, -0.15) is 0 Å². The molecule has 0 bridgehead atoms. The average molecular weight is 561 g/mol. The molecule has 220 valence electrons. The van der Waals surface area contributed by atoms with Gasteiger partial charge in [-0.3, -0.25) is 4.79 Å². The van der Waals surface area contributed by atoms with Gasteiger partial charge in [0, 0.05) is 55.6 Å². The average Bonchev–Trinajstić information content (AvgIpc) is 3.28. The highest BCUT2D eigenvalue weighted by Gasteiger charge is 2.34. The number of rotatable bonds is 5. The molecule has 1 fully saturated rings. The van der Waals surface area contributed by atoms with Gasteiger partial charge in [-0.15, -0.1) is 0 Å². The van der Waals surface area contributed by atoms with Crippen molar-refractivity contribution >= 4 is 22.8 Å². The van der Waals surface area contributed by atoms with E-state index in [1.165, 1.54) is 6.42 Å². The van der Waals surface area contributed by atoms with Gasteiger partial charge in [-0.25, -0.2) is 4.79 Å². The van der Waals surface area contributed by atoms with Crippen molar-refractivity contribution in [3.63, 3.8) is 0 Å². The molecule has 3 amide bonds. The number of aromatic nitrogens is 1. The number of hydrogen-bond donors (Lipinski definition) is 2. The first-order valence-electron chi connectivity index (χ1n) is 15.0. The molecule has 2 heterocycles. The van der Waals surface area contributed by atoms with Crippen molar-refractivity contribution in [3.05, 3.63) is 59.8 Å². The second-order valence-corrected chi connectivity index (χ2v) is 11.9. The minimum atomic E-state index is -0.389. The monoisotopic (exact) mass is 560 g/mol. The van der Waals surface area contributed by atoms with Crippen LogP contribution in [0.3, 0.4) is 0 Å². The van der Waals surface area contributed by atoms with Gasteiger partial charge in [0.25, 0.3) is 5.91 Å². The van der Waals surface area contributed by atoms with E-state index in [4.69, 9.17) is 4.74 Å². The third-order valence-electron chi connectivity index (χ3n) is 8.96. The Morgan fingerprint density at radius 3 is 2.59 bits per heavy atom. The van der Waals surface area contributed by atoms with Crippen molar-refractivity contribution in [1.82, 2.24) is 19.7 Å². The van der Waals surface area contributed by atoms with Crippen molar-refractivity contribution < 1.29 is 19.4 Å². The molecule has 1 saturated carbocycles. The molecular formula is C33H44N4O4. The van der Waals surface area contributed by atoms with E-state index >= 15 is 0 Å². The maximum atomic E-state index is 14.5. The number of urea groups is 1. The van der Waals surface area contributed by atoms with Crippen LogP contribution in [0, 0.1) is 5.92 Å². The van der Waals surface area contributed by atoms with Crippen molar-refractivity contribution in [2.45, 2.75) is 70.7 Å². The van der Waals surface area contributed by atoms with E-state index in [0.29, 0.717) is 25.4 Å². The topological polar surface area (TPSA) is 87.0 Å². The summed E-state index contributed by atoms with van der Waals surface area (Å²) in [7, 11) is 3.75. The minimum absolute atomic E-state index is 0.0852. The number of carbonyl (C=O) groups is 2. The molecule has 3 aromatic rings. The van der Waals surface area contributed by atoms with Crippen LogP contribution >= 0.6 is 0 Å². The third kappa shape index (κ3) is 5.99. The Hall–Kier alpha value is -3.36. The summed E-state index contributed by atoms with van der Waals surface area (Å²) in [5.41, 5.74) is 4.42. The molecule has 1 aliphatic heterocycles. The van der Waals surface area contributed by atoms with Crippen molar-refractivity contribution in [3.8, 4) is 11.1 Å². The van der Waals surface area contributed by atoms with E-state index in [1.807, 2.05) is 55.9 Å². The van der Waals surface area contributed by atoms with Crippen LogP contribution in [-0.2, 0) is 18.4 Å². The maximum absolute atomic E-state index is 14.5. The lowest BCUT2D eigenvalue weighted by Gasteiger charge is -2.35. The number of hydrogen-bond acceptors (Lipinski definition) is 4. The van der Waals surface area contributed by atoms with Crippen LogP contribution < -0.4 is 5.32 Å². The zero-order chi connectivity index (χ0) is 29.1. The number of nitrogens with zero attached hydrogens (tertiary/aromatic N) is 3. The van der Waals surface area contributed by atoms with E-state index in [-0.39, 0.29) is 42.7 Å². The summed E-state index contributed by atoms with van der Waals surface area (Å²) in [6, 6.07) is 15.9. The lowest BCUT2D eigenvalue weighted by Crippen LogP contribution is -2.50. The summed E-state index contributed by atoms with van der Waals surface area (Å²) >= 11 is 0. The van der Waals surface area contributed by atoms with Crippen LogP contribution in [0.5, 0.6) is 0 Å². The second kappa shape index (κ2) is 12.7. The maximum Gasteiger partial charge on any atom is 0.317 e. The molecule has 0 spiro atoms. The highest BCUT2D eigenvalue weighted by Crippen LogP contribution is 2.38. The Labute approximate surface area is 243 Å². The SMILES string of the molecule is C[C@@H]1CN([C@H](C)CO)C(=O)c2c(c3ccccc3n2C)-c2ccccc2CO[C@@H]1CN(C)C(=O)NC1CCCCC1. The standard InChI is InChI=1S/C33H44N4O4/c1-22-18-37(23(2)20-38)32(39)31-30(27-16-10-11-17-28(27)36(31)4)26-15-9-8-12-24(26)21-41-29(22)19-35(3)33(40)34-25-13-6-5-7-14-25/h8-12,15-17,22-23,25,29,38H,5-7,13-14,18-21H2,1-4H3,(H,34,40)/t22-,23-,29-/m1/s1. The highest BCUT2D eigenvalue weighted by atomic mass is 16.5. The number of likely N-dealkylation sites (N-methyl/N-ethyl adjacent to an activating group) is 1. The van der Waals surface area contributed by atoms with Crippen molar-refractivity contribution in [2.24, 2.45) is 13.0 Å². The smallest absolute Gasteiger partial charge is 0.317 e. The summed E-state index contributed by atoms with van der Waals surface area (Å²) in [5, 5.41) is 14.4. The first kappa shape index (κ1) is 29.1. The quantitative estimate of drug-likeness (QED) is 0.450. The van der Waals surface area contributed by atoms with Crippen LogP contribution in [0.1, 0.15) is 62.0 Å². The van der Waals surface area contributed by atoms with Crippen LogP contribution in [-0.4, -0.2) is 76.3 Å². The fourth-order valence-corrected chi connectivity index (χ4v) is 6.41. The Balaban J connectivity index is 1.52. The Kier molecular flexibility index (Phi) is 9.00. The third-order valence-corrected chi connectivity index (χ3v) is 8.96. The summed E-state index contributed by atoms with van der Waals surface area (Å²) in [5.74, 6) is -0.216. The minimum Gasteiger partial charge on any atom is -0.394 e. The molecule has 2 aliphatic rings. The van der Waals surface area contributed by atoms with Crippen LogP contribution in [0.2, 0.25) is 0 Å². The van der Waals surface area contributed by atoms with Gasteiger partial charge in [0.2, 0.25) is 0 Å². The van der Waals surface area contributed by atoms with Crippen molar-refractivity contribution in [1.29, 1.82) is 0 Å². The number of aryl methyl sites for hydroxylation is 1. The number of amides is 3. The van der Waals surface area contributed by atoms with E-state index < -0.39 is 0 Å². The number of benzene rings is 2. The van der Waals surface area contributed by atoms with Crippen LogP contribution in [0.15, 0.2) is 48.5 Å². The Morgan fingerprint density at radius 2 is 1.83 bits per heavy atom. The van der Waals surface area contributed by atoms with E-state index in [9.17, 15) is 14.7 Å². The molecule has 2 N–H and O–H groups in total. The molecule has 41 heavy (non-hydrogen) atoms. The second-order valence-electron chi connectivity index (χ2n) is 11.9. The van der Waals surface area contributed by atoms with Crippen LogP contribution in [0.4, 0.5) is 4.79 Å². The van der Waals surface area contributed by atoms with E-state index in [1.54, 1.807) is 9.80 Å². The predicted molar refractivity (Wildman–Crippen MR) is 162 cm³/mol. The van der Waals surface area contributed by atoms with E-state index in [0.717, 1.165) is 53.3 Å². The normalized spacial score (nSPS) is 21.1. The van der Waals surface area contributed by atoms with Gasteiger partial charge >= 0.3 is 6.03 Å². The molecule has 0 unspecified atom stereocenters. The van der Waals surface area contributed by atoms with Gasteiger partial charge in [0.15, 0.2) is 0 Å². The van der Waals surface area contributed by atoms with Crippen LogP contribution in [0.25, 0.3) is 22.0 Å². The molecular weight excluding hydrogens is 516 g/mol. The van der Waals surface area contributed by atoms with Gasteiger partial charge < -0.3 is 29.5 Å². The lowest BCUT2D eigenvalue weighted by molar-refractivity contribution is -0.0186. The summed E-state index contributed by atoms with van der Waals surface area (Å²) in [6.07, 6.45) is 5.28. The first-order valence-corrected chi connectivity index (χ1v) is 15.0. The molecule has 8 nitrogen and oxygen atoms in total. The summed E-state index contributed by atoms with van der Waals surface area (Å²) < 4.78 is 8.60. The molecule has 2 aromatic carbocycles. The molecule has 1 aliphatic carbocycles. The summed E-state index contributed by atoms with van der Waals surface area (Å²) in [6.45, 7) is 4.93. The molecule has 0 saturated heterocycles. The van der Waals surface area contributed by atoms with Gasteiger partial charge in [0.05, 0.1) is 25.4 Å². The number of nitrogens with one attached hydrogen (secondary N) is 1. The number of carbonyl (C=O) groups excluding carboxylic acids is 2. The largest absolute Gasteiger partial charge is 0.394 e. The molecule has 3 atom stereocenters. The predicted octanol–water partition coefficient (Wildman–Crippen LogP) is 5.18. The highest BCUT2D eigenvalue weighted by molar-refractivity contribution is 6.10. The Bertz CT molecular complexity index is 1380. The number of ether oxygens (including phenoxy) is 1. The number of aliphatic hydroxyl groups excluding tert-OH is 1.